The Bertz CT molecular complexity index is 641. The molecule has 5 nitrogen and oxygen atoms in total. The number of aromatic nitrogens is 2. The van der Waals surface area contributed by atoms with Crippen LogP contribution in [-0.2, 0) is 6.54 Å². The summed E-state index contributed by atoms with van der Waals surface area (Å²) >= 11 is 5.24. The van der Waals surface area contributed by atoms with Crippen LogP contribution in [0.2, 0.25) is 0 Å². The summed E-state index contributed by atoms with van der Waals surface area (Å²) in [5.41, 5.74) is 0.865. The van der Waals surface area contributed by atoms with Gasteiger partial charge in [0.1, 0.15) is 5.82 Å². The molecule has 0 fully saturated rings. The number of thiocarbonyl (C=S) groups is 1. The van der Waals surface area contributed by atoms with Crippen LogP contribution in [0.3, 0.4) is 0 Å². The van der Waals surface area contributed by atoms with Gasteiger partial charge in [-0.05, 0) is 57.0 Å². The maximum atomic E-state index is 13.2. The molecule has 0 amide bonds. The average molecular weight is 335 g/mol. The molecule has 0 spiro atoms. The summed E-state index contributed by atoms with van der Waals surface area (Å²) in [6.45, 7) is 2.34. The van der Waals surface area contributed by atoms with Crippen LogP contribution in [0.4, 0.5) is 10.2 Å². The normalized spacial score (nSPS) is 10.8. The summed E-state index contributed by atoms with van der Waals surface area (Å²) in [7, 11) is 4.09. The van der Waals surface area contributed by atoms with Gasteiger partial charge in [-0.1, -0.05) is 12.1 Å². The van der Waals surface area contributed by atoms with E-state index in [0.717, 1.165) is 25.1 Å². The molecule has 0 aliphatic carbocycles. The van der Waals surface area contributed by atoms with Gasteiger partial charge in [0.2, 0.25) is 0 Å². The number of benzene rings is 1. The molecule has 0 bridgehead atoms. The van der Waals surface area contributed by atoms with Crippen LogP contribution in [0.5, 0.6) is 0 Å². The smallest absolute Gasteiger partial charge is 0.171 e. The molecule has 7 heteroatoms. The van der Waals surface area contributed by atoms with Gasteiger partial charge in [-0.15, -0.1) is 0 Å². The molecule has 0 radical (unpaired) electrons. The molecule has 0 aliphatic heterocycles. The summed E-state index contributed by atoms with van der Waals surface area (Å²) < 4.78 is 14.9. The Morgan fingerprint density at radius 3 is 2.91 bits per heavy atom. The molecule has 124 valence electrons. The van der Waals surface area contributed by atoms with Gasteiger partial charge in [0.15, 0.2) is 10.9 Å². The predicted molar refractivity (Wildman–Crippen MR) is 95.1 cm³/mol. The Hall–Kier alpha value is -1.99. The summed E-state index contributed by atoms with van der Waals surface area (Å²) in [6, 6.07) is 8.34. The minimum absolute atomic E-state index is 0.240. The largest absolute Gasteiger partial charge is 0.362 e. The summed E-state index contributed by atoms with van der Waals surface area (Å²) in [6.07, 6.45) is 2.85. The van der Waals surface area contributed by atoms with Gasteiger partial charge in [-0.3, -0.25) is 4.68 Å². The number of anilines is 1. The van der Waals surface area contributed by atoms with Gasteiger partial charge in [-0.2, -0.15) is 5.10 Å². The Morgan fingerprint density at radius 1 is 1.35 bits per heavy atom. The van der Waals surface area contributed by atoms with E-state index in [1.165, 1.54) is 12.1 Å². The van der Waals surface area contributed by atoms with Crippen molar-refractivity contribution >= 4 is 23.1 Å². The van der Waals surface area contributed by atoms with Gasteiger partial charge in [0.25, 0.3) is 0 Å². The van der Waals surface area contributed by atoms with Crippen molar-refractivity contribution in [2.45, 2.75) is 13.0 Å². The molecule has 0 atom stereocenters. The lowest BCUT2D eigenvalue weighted by Crippen LogP contribution is -2.31. The summed E-state index contributed by atoms with van der Waals surface area (Å²) in [5.74, 6) is 0.433. The highest BCUT2D eigenvalue weighted by molar-refractivity contribution is 7.80. The van der Waals surface area contributed by atoms with Crippen LogP contribution in [0.15, 0.2) is 36.5 Å². The van der Waals surface area contributed by atoms with Crippen molar-refractivity contribution in [1.29, 1.82) is 0 Å². The van der Waals surface area contributed by atoms with Crippen LogP contribution in [0.1, 0.15) is 12.0 Å². The van der Waals surface area contributed by atoms with Crippen LogP contribution in [0.25, 0.3) is 0 Å². The maximum Gasteiger partial charge on any atom is 0.171 e. The third-order valence-electron chi connectivity index (χ3n) is 3.18. The highest BCUT2D eigenvalue weighted by Gasteiger charge is 2.03. The lowest BCUT2D eigenvalue weighted by atomic mass is 10.2. The van der Waals surface area contributed by atoms with E-state index in [0.29, 0.717) is 17.5 Å². The van der Waals surface area contributed by atoms with Gasteiger partial charge in [0, 0.05) is 18.8 Å². The second-order valence-electron chi connectivity index (χ2n) is 5.57. The lowest BCUT2D eigenvalue weighted by molar-refractivity contribution is 0.400. The molecule has 2 N–H and O–H groups in total. The molecule has 2 aromatic rings. The third kappa shape index (κ3) is 6.33. The Morgan fingerprint density at radius 2 is 2.17 bits per heavy atom. The molecule has 1 heterocycles. The van der Waals surface area contributed by atoms with E-state index in [-0.39, 0.29) is 5.82 Å². The van der Waals surface area contributed by atoms with Gasteiger partial charge in [0.05, 0.1) is 6.54 Å². The predicted octanol–water partition coefficient (Wildman–Crippen LogP) is 2.31. The van der Waals surface area contributed by atoms with Crippen molar-refractivity contribution in [3.63, 3.8) is 0 Å². The molecule has 1 aromatic heterocycles. The zero-order chi connectivity index (χ0) is 16.7. The Labute approximate surface area is 141 Å². The first-order chi connectivity index (χ1) is 11.0. The second kappa shape index (κ2) is 8.59. The topological polar surface area (TPSA) is 45.1 Å². The van der Waals surface area contributed by atoms with Gasteiger partial charge >= 0.3 is 0 Å². The fourth-order valence-electron chi connectivity index (χ4n) is 2.10. The fraction of sp³-hybridized carbons (Fsp3) is 0.375. The van der Waals surface area contributed by atoms with E-state index in [9.17, 15) is 4.39 Å². The number of nitrogens with one attached hydrogen (secondary N) is 2. The third-order valence-corrected chi connectivity index (χ3v) is 3.43. The molecule has 2 rings (SSSR count). The molecule has 0 aliphatic rings. The van der Waals surface area contributed by atoms with E-state index in [1.807, 2.05) is 32.4 Å². The number of hydrogen-bond acceptors (Lipinski definition) is 3. The van der Waals surface area contributed by atoms with E-state index >= 15 is 0 Å². The van der Waals surface area contributed by atoms with Gasteiger partial charge in [-0.25, -0.2) is 4.39 Å². The quantitative estimate of drug-likeness (QED) is 0.600. The Kier molecular flexibility index (Phi) is 6.49. The highest BCUT2D eigenvalue weighted by atomic mass is 32.1. The summed E-state index contributed by atoms with van der Waals surface area (Å²) in [4.78, 5) is 2.13. The first-order valence-electron chi connectivity index (χ1n) is 7.50. The Balaban J connectivity index is 1.79. The van der Waals surface area contributed by atoms with Crippen LogP contribution in [0, 0.1) is 5.82 Å². The minimum Gasteiger partial charge on any atom is -0.362 e. The van der Waals surface area contributed by atoms with E-state index in [4.69, 9.17) is 12.2 Å². The zero-order valence-corrected chi connectivity index (χ0v) is 14.2. The SMILES string of the molecule is CN(C)CCCNC(=S)Nc1ccn(Cc2cccc(F)c2)n1. The lowest BCUT2D eigenvalue weighted by Gasteiger charge is -2.11. The van der Waals surface area contributed by atoms with Crippen molar-refractivity contribution in [3.8, 4) is 0 Å². The first kappa shape index (κ1) is 17.4. The van der Waals surface area contributed by atoms with E-state index < -0.39 is 0 Å². The summed E-state index contributed by atoms with van der Waals surface area (Å²) in [5, 5.41) is 11.1. The maximum absolute atomic E-state index is 13.2. The molecule has 0 unspecified atom stereocenters. The average Bonchev–Trinajstić information content (AvgIpc) is 2.90. The van der Waals surface area contributed by atoms with Crippen molar-refractivity contribution in [3.05, 3.63) is 47.9 Å². The standard InChI is InChI=1S/C16H22FN5S/c1-21(2)9-4-8-18-16(23)19-15-7-10-22(20-15)12-13-5-3-6-14(17)11-13/h3,5-7,10-11H,4,8-9,12H2,1-2H3,(H2,18,19,20,23). The monoisotopic (exact) mass is 335 g/mol. The molecule has 0 saturated heterocycles. The minimum atomic E-state index is -0.240. The molecule has 1 aromatic carbocycles. The molecular weight excluding hydrogens is 313 g/mol. The zero-order valence-electron chi connectivity index (χ0n) is 13.4. The van der Waals surface area contributed by atoms with E-state index in [1.54, 1.807) is 10.7 Å². The van der Waals surface area contributed by atoms with Crippen molar-refractivity contribution in [2.75, 3.05) is 32.5 Å². The molecule has 23 heavy (non-hydrogen) atoms. The number of hydrogen-bond donors (Lipinski definition) is 2. The van der Waals surface area contributed by atoms with E-state index in [2.05, 4.69) is 20.6 Å². The molecular formula is C16H22FN5S. The highest BCUT2D eigenvalue weighted by Crippen LogP contribution is 2.08. The van der Waals surface area contributed by atoms with Crippen molar-refractivity contribution in [2.24, 2.45) is 0 Å². The first-order valence-corrected chi connectivity index (χ1v) is 7.91. The number of halogens is 1. The van der Waals surface area contributed by atoms with Crippen LogP contribution in [-0.4, -0.2) is 47.0 Å². The van der Waals surface area contributed by atoms with Crippen molar-refractivity contribution in [1.82, 2.24) is 20.0 Å². The number of nitrogens with zero attached hydrogens (tertiary/aromatic N) is 3. The van der Waals surface area contributed by atoms with Gasteiger partial charge < -0.3 is 15.5 Å². The van der Waals surface area contributed by atoms with Crippen molar-refractivity contribution < 1.29 is 4.39 Å². The number of rotatable bonds is 7. The van der Waals surface area contributed by atoms with Crippen LogP contribution < -0.4 is 10.6 Å². The molecule has 0 saturated carbocycles. The second-order valence-corrected chi connectivity index (χ2v) is 5.97. The van der Waals surface area contributed by atoms with Crippen LogP contribution >= 0.6 is 12.2 Å². The fourth-order valence-corrected chi connectivity index (χ4v) is 2.30.